The first-order chi connectivity index (χ1) is 9.11. The van der Waals surface area contributed by atoms with E-state index in [0.717, 1.165) is 5.56 Å². The molecule has 0 bridgehead atoms. The lowest BCUT2D eigenvalue weighted by Crippen LogP contribution is -2.02. The SMILES string of the molecule is N#Cc1c(F)cccc1OCc1ccc(Cl)cc1N. The van der Waals surface area contributed by atoms with E-state index in [-0.39, 0.29) is 17.9 Å². The van der Waals surface area contributed by atoms with Gasteiger partial charge in [-0.25, -0.2) is 4.39 Å². The molecular formula is C14H10ClFN2O. The van der Waals surface area contributed by atoms with E-state index in [1.807, 2.05) is 0 Å². The number of nitrogens with zero attached hydrogens (tertiary/aromatic N) is 1. The van der Waals surface area contributed by atoms with Crippen molar-refractivity contribution >= 4 is 17.3 Å². The highest BCUT2D eigenvalue weighted by atomic mass is 35.5. The van der Waals surface area contributed by atoms with E-state index in [0.29, 0.717) is 10.7 Å². The topological polar surface area (TPSA) is 59.0 Å². The van der Waals surface area contributed by atoms with Crippen LogP contribution in [-0.4, -0.2) is 0 Å². The third-order valence-corrected chi connectivity index (χ3v) is 2.81. The first-order valence-electron chi connectivity index (χ1n) is 5.47. The molecule has 5 heteroatoms. The van der Waals surface area contributed by atoms with Gasteiger partial charge in [0.1, 0.15) is 29.8 Å². The molecule has 2 N–H and O–H groups in total. The second-order valence-electron chi connectivity index (χ2n) is 3.86. The Kier molecular flexibility index (Phi) is 3.88. The van der Waals surface area contributed by atoms with Gasteiger partial charge in [0.05, 0.1) is 0 Å². The van der Waals surface area contributed by atoms with Crippen molar-refractivity contribution < 1.29 is 9.13 Å². The zero-order chi connectivity index (χ0) is 13.8. The summed E-state index contributed by atoms with van der Waals surface area (Å²) < 4.78 is 18.8. The molecule has 2 rings (SSSR count). The first-order valence-corrected chi connectivity index (χ1v) is 5.85. The molecule has 0 aromatic heterocycles. The second-order valence-corrected chi connectivity index (χ2v) is 4.29. The van der Waals surface area contributed by atoms with Gasteiger partial charge in [-0.1, -0.05) is 23.7 Å². The van der Waals surface area contributed by atoms with Crippen molar-refractivity contribution in [3.63, 3.8) is 0 Å². The number of hydrogen-bond donors (Lipinski definition) is 1. The van der Waals surface area contributed by atoms with Crippen molar-refractivity contribution in [2.45, 2.75) is 6.61 Å². The van der Waals surface area contributed by atoms with Gasteiger partial charge >= 0.3 is 0 Å². The largest absolute Gasteiger partial charge is 0.487 e. The first kappa shape index (κ1) is 13.2. The van der Waals surface area contributed by atoms with Gasteiger partial charge in [-0.3, -0.25) is 0 Å². The molecule has 0 aliphatic carbocycles. The molecule has 3 nitrogen and oxygen atoms in total. The molecule has 0 heterocycles. The monoisotopic (exact) mass is 276 g/mol. The van der Waals surface area contributed by atoms with Crippen LogP contribution in [0.3, 0.4) is 0 Å². The van der Waals surface area contributed by atoms with Gasteiger partial charge in [-0.05, 0) is 24.3 Å². The molecule has 0 fully saturated rings. The molecule has 2 aromatic rings. The summed E-state index contributed by atoms with van der Waals surface area (Å²) in [6.07, 6.45) is 0. The summed E-state index contributed by atoms with van der Waals surface area (Å²) in [5, 5.41) is 9.41. The fourth-order valence-electron chi connectivity index (χ4n) is 1.59. The molecule has 96 valence electrons. The van der Waals surface area contributed by atoms with Crippen LogP contribution in [0.2, 0.25) is 5.02 Å². The number of nitriles is 1. The number of nitrogen functional groups attached to an aromatic ring is 1. The number of benzene rings is 2. The third kappa shape index (κ3) is 2.95. The van der Waals surface area contributed by atoms with Gasteiger partial charge in [-0.2, -0.15) is 5.26 Å². The Morgan fingerprint density at radius 2 is 2.11 bits per heavy atom. The molecule has 0 spiro atoms. The second kappa shape index (κ2) is 5.59. The normalized spacial score (nSPS) is 9.95. The van der Waals surface area contributed by atoms with Crippen LogP contribution in [0.25, 0.3) is 0 Å². The minimum Gasteiger partial charge on any atom is -0.487 e. The number of rotatable bonds is 3. The Morgan fingerprint density at radius 1 is 1.32 bits per heavy atom. The summed E-state index contributed by atoms with van der Waals surface area (Å²) in [5.74, 6) is -0.416. The van der Waals surface area contributed by atoms with E-state index in [1.165, 1.54) is 18.2 Å². The molecule has 0 saturated carbocycles. The number of nitrogens with two attached hydrogens (primary N) is 1. The van der Waals surface area contributed by atoms with Crippen molar-refractivity contribution in [3.05, 3.63) is 58.4 Å². The Hall–Kier alpha value is -2.25. The predicted molar refractivity (Wildman–Crippen MR) is 71.3 cm³/mol. The highest BCUT2D eigenvalue weighted by Crippen LogP contribution is 2.23. The number of anilines is 1. The number of hydrogen-bond acceptors (Lipinski definition) is 3. The molecule has 0 atom stereocenters. The number of halogens is 2. The van der Waals surface area contributed by atoms with Crippen LogP contribution in [0.5, 0.6) is 5.75 Å². The highest BCUT2D eigenvalue weighted by Gasteiger charge is 2.09. The van der Waals surface area contributed by atoms with Gasteiger partial charge in [-0.15, -0.1) is 0 Å². The van der Waals surface area contributed by atoms with Crippen molar-refractivity contribution in [2.75, 3.05) is 5.73 Å². The maximum absolute atomic E-state index is 13.4. The summed E-state index contributed by atoms with van der Waals surface area (Å²) in [6.45, 7) is 0.140. The smallest absolute Gasteiger partial charge is 0.144 e. The number of ether oxygens (including phenoxy) is 1. The van der Waals surface area contributed by atoms with Crippen LogP contribution < -0.4 is 10.5 Å². The standard InChI is InChI=1S/C14H10ClFN2O/c15-10-5-4-9(13(18)6-10)8-19-14-3-1-2-12(16)11(14)7-17/h1-6H,8,18H2. The van der Waals surface area contributed by atoms with Crippen LogP contribution in [0.15, 0.2) is 36.4 Å². The quantitative estimate of drug-likeness (QED) is 0.873. The predicted octanol–water partition coefficient (Wildman–Crippen LogP) is 3.51. The van der Waals surface area contributed by atoms with Gasteiger partial charge < -0.3 is 10.5 Å². The van der Waals surface area contributed by atoms with E-state index < -0.39 is 5.82 Å². The molecule has 0 saturated heterocycles. The Morgan fingerprint density at radius 3 is 2.79 bits per heavy atom. The Labute approximate surface area is 115 Å². The molecule has 0 unspecified atom stereocenters. The third-order valence-electron chi connectivity index (χ3n) is 2.58. The minimum absolute atomic E-state index is 0.116. The summed E-state index contributed by atoms with van der Waals surface area (Å²) in [6, 6.07) is 11.0. The fraction of sp³-hybridized carbons (Fsp3) is 0.0714. The minimum atomic E-state index is -0.607. The Balaban J connectivity index is 2.20. The lowest BCUT2D eigenvalue weighted by molar-refractivity contribution is 0.304. The van der Waals surface area contributed by atoms with Crippen molar-refractivity contribution in [3.8, 4) is 11.8 Å². The van der Waals surface area contributed by atoms with E-state index >= 15 is 0 Å². The average Bonchev–Trinajstić information content (AvgIpc) is 2.38. The fourth-order valence-corrected chi connectivity index (χ4v) is 1.77. The highest BCUT2D eigenvalue weighted by molar-refractivity contribution is 6.30. The van der Waals surface area contributed by atoms with Crippen molar-refractivity contribution in [2.24, 2.45) is 0 Å². The van der Waals surface area contributed by atoms with E-state index in [9.17, 15) is 4.39 Å². The summed E-state index contributed by atoms with van der Waals surface area (Å²) in [4.78, 5) is 0. The molecule has 0 aliphatic heterocycles. The van der Waals surface area contributed by atoms with Crippen LogP contribution in [0.1, 0.15) is 11.1 Å². The zero-order valence-corrected chi connectivity index (χ0v) is 10.6. The summed E-state index contributed by atoms with van der Waals surface area (Å²) >= 11 is 5.79. The molecule has 0 radical (unpaired) electrons. The molecule has 19 heavy (non-hydrogen) atoms. The van der Waals surface area contributed by atoms with Gasteiger partial charge in [0.25, 0.3) is 0 Å². The van der Waals surface area contributed by atoms with Gasteiger partial charge in [0.2, 0.25) is 0 Å². The summed E-state index contributed by atoms with van der Waals surface area (Å²) in [5.41, 5.74) is 6.88. The van der Waals surface area contributed by atoms with E-state index in [4.69, 9.17) is 27.3 Å². The van der Waals surface area contributed by atoms with Crippen molar-refractivity contribution in [1.29, 1.82) is 5.26 Å². The molecule has 0 aliphatic rings. The van der Waals surface area contributed by atoms with E-state index in [1.54, 1.807) is 24.3 Å². The van der Waals surface area contributed by atoms with Crippen molar-refractivity contribution in [1.82, 2.24) is 0 Å². The lowest BCUT2D eigenvalue weighted by atomic mass is 10.2. The van der Waals surface area contributed by atoms with Gasteiger partial charge in [0, 0.05) is 16.3 Å². The molecular weight excluding hydrogens is 267 g/mol. The lowest BCUT2D eigenvalue weighted by Gasteiger charge is -2.10. The van der Waals surface area contributed by atoms with Crippen LogP contribution in [-0.2, 0) is 6.61 Å². The zero-order valence-electron chi connectivity index (χ0n) is 9.86. The summed E-state index contributed by atoms with van der Waals surface area (Å²) in [7, 11) is 0. The molecule has 0 amide bonds. The van der Waals surface area contributed by atoms with Crippen LogP contribution in [0, 0.1) is 17.1 Å². The van der Waals surface area contributed by atoms with Crippen LogP contribution in [0.4, 0.5) is 10.1 Å². The Bertz CT molecular complexity index is 652. The maximum Gasteiger partial charge on any atom is 0.144 e. The van der Waals surface area contributed by atoms with Gasteiger partial charge in [0.15, 0.2) is 0 Å². The van der Waals surface area contributed by atoms with Crippen LogP contribution >= 0.6 is 11.6 Å². The average molecular weight is 277 g/mol. The molecule has 2 aromatic carbocycles. The maximum atomic E-state index is 13.4. The van der Waals surface area contributed by atoms with E-state index in [2.05, 4.69) is 0 Å².